The minimum absolute atomic E-state index is 0.716. The Bertz CT molecular complexity index is 333. The molecule has 2 rings (SSSR count). The summed E-state index contributed by atoms with van der Waals surface area (Å²) in [5, 5.41) is 0.824. The topological polar surface area (TPSA) is 26.0 Å². The Morgan fingerprint density at radius 3 is 2.29 bits per heavy atom. The molecule has 0 aliphatic heterocycles. The third-order valence-electron chi connectivity index (χ3n) is 4.03. The second kappa shape index (κ2) is 6.42. The van der Waals surface area contributed by atoms with Crippen LogP contribution < -0.4 is 5.73 Å². The zero-order valence-corrected chi connectivity index (χ0v) is 11.1. The fraction of sp³-hybridized carbons (Fsp3) is 0.600. The molecule has 0 bridgehead atoms. The average Bonchev–Trinajstić information content (AvgIpc) is 2.57. The first-order chi connectivity index (χ1) is 8.29. The molecule has 2 atom stereocenters. The van der Waals surface area contributed by atoms with Gasteiger partial charge in [0.25, 0.3) is 0 Å². The van der Waals surface area contributed by atoms with Crippen LogP contribution in [0, 0.1) is 11.8 Å². The molecule has 17 heavy (non-hydrogen) atoms. The molecule has 2 N–H and O–H groups in total. The minimum Gasteiger partial charge on any atom is -0.330 e. The van der Waals surface area contributed by atoms with Crippen molar-refractivity contribution in [1.82, 2.24) is 0 Å². The summed E-state index contributed by atoms with van der Waals surface area (Å²) in [7, 11) is 0. The Balaban J connectivity index is 2.01. The Kier molecular flexibility index (Phi) is 4.87. The maximum Gasteiger partial charge on any atom is 0.0406 e. The second-order valence-electron chi connectivity index (χ2n) is 5.22. The molecule has 1 aromatic carbocycles. The molecule has 1 aromatic rings. The van der Waals surface area contributed by atoms with Gasteiger partial charge in [0.2, 0.25) is 0 Å². The molecular formula is C15H22ClN. The van der Waals surface area contributed by atoms with Gasteiger partial charge in [0.05, 0.1) is 0 Å². The summed E-state index contributed by atoms with van der Waals surface area (Å²) in [6.45, 7) is 0.845. The van der Waals surface area contributed by atoms with E-state index in [-0.39, 0.29) is 0 Å². The number of hydrogen-bond acceptors (Lipinski definition) is 1. The van der Waals surface area contributed by atoms with Crippen LogP contribution in [-0.4, -0.2) is 6.54 Å². The number of rotatable bonds is 3. The lowest BCUT2D eigenvalue weighted by molar-refractivity contribution is 0.318. The lowest BCUT2D eigenvalue weighted by Gasteiger charge is -2.23. The van der Waals surface area contributed by atoms with Gasteiger partial charge in [-0.15, -0.1) is 0 Å². The van der Waals surface area contributed by atoms with Gasteiger partial charge in [0, 0.05) is 5.02 Å². The maximum atomic E-state index is 5.92. The van der Waals surface area contributed by atoms with Crippen molar-refractivity contribution in [3.05, 3.63) is 34.9 Å². The molecule has 1 aliphatic rings. The first kappa shape index (κ1) is 12.9. The van der Waals surface area contributed by atoms with E-state index in [1.807, 2.05) is 12.1 Å². The lowest BCUT2D eigenvalue weighted by atomic mass is 9.83. The third-order valence-corrected chi connectivity index (χ3v) is 4.28. The third kappa shape index (κ3) is 3.72. The summed E-state index contributed by atoms with van der Waals surface area (Å²) < 4.78 is 0. The average molecular weight is 252 g/mol. The minimum atomic E-state index is 0.716. The first-order valence-electron chi connectivity index (χ1n) is 6.74. The highest BCUT2D eigenvalue weighted by Crippen LogP contribution is 2.31. The fourth-order valence-corrected chi connectivity index (χ4v) is 3.09. The molecule has 0 spiro atoms. The van der Waals surface area contributed by atoms with E-state index in [0.29, 0.717) is 5.92 Å². The van der Waals surface area contributed by atoms with Gasteiger partial charge in [0.1, 0.15) is 0 Å². The zero-order valence-electron chi connectivity index (χ0n) is 10.4. The highest BCUT2D eigenvalue weighted by Gasteiger charge is 2.22. The quantitative estimate of drug-likeness (QED) is 0.807. The predicted molar refractivity (Wildman–Crippen MR) is 74.3 cm³/mol. The van der Waals surface area contributed by atoms with Crippen LogP contribution in [0.2, 0.25) is 5.02 Å². The molecule has 0 amide bonds. The Hall–Kier alpha value is -0.530. The molecule has 1 fully saturated rings. The zero-order chi connectivity index (χ0) is 12.1. The van der Waals surface area contributed by atoms with E-state index in [0.717, 1.165) is 17.5 Å². The number of hydrogen-bond donors (Lipinski definition) is 1. The van der Waals surface area contributed by atoms with Gasteiger partial charge < -0.3 is 5.73 Å². The van der Waals surface area contributed by atoms with Gasteiger partial charge in [-0.2, -0.15) is 0 Å². The van der Waals surface area contributed by atoms with Crippen molar-refractivity contribution in [2.24, 2.45) is 17.6 Å². The van der Waals surface area contributed by atoms with Crippen LogP contribution in [0.3, 0.4) is 0 Å². The molecular weight excluding hydrogens is 230 g/mol. The summed E-state index contributed by atoms with van der Waals surface area (Å²) in [4.78, 5) is 0. The smallest absolute Gasteiger partial charge is 0.0406 e. The molecule has 2 heteroatoms. The van der Waals surface area contributed by atoms with Crippen LogP contribution >= 0.6 is 11.6 Å². The van der Waals surface area contributed by atoms with E-state index in [1.165, 1.54) is 44.1 Å². The van der Waals surface area contributed by atoms with Crippen molar-refractivity contribution >= 4 is 11.6 Å². The molecule has 0 saturated heterocycles. The van der Waals surface area contributed by atoms with Crippen LogP contribution in [0.15, 0.2) is 24.3 Å². The van der Waals surface area contributed by atoms with Crippen molar-refractivity contribution in [3.8, 4) is 0 Å². The molecule has 0 heterocycles. The van der Waals surface area contributed by atoms with Crippen molar-refractivity contribution in [3.63, 3.8) is 0 Å². The van der Waals surface area contributed by atoms with Gasteiger partial charge in [-0.05, 0) is 55.3 Å². The molecule has 1 saturated carbocycles. The number of benzene rings is 1. The van der Waals surface area contributed by atoms with Gasteiger partial charge in [-0.1, -0.05) is 43.0 Å². The summed E-state index contributed by atoms with van der Waals surface area (Å²) in [5.74, 6) is 1.48. The monoisotopic (exact) mass is 251 g/mol. The maximum absolute atomic E-state index is 5.92. The van der Waals surface area contributed by atoms with Gasteiger partial charge in [-0.25, -0.2) is 0 Å². The van der Waals surface area contributed by atoms with Crippen LogP contribution in [0.1, 0.15) is 37.7 Å². The Morgan fingerprint density at radius 2 is 1.65 bits per heavy atom. The summed E-state index contributed by atoms with van der Waals surface area (Å²) in [5.41, 5.74) is 7.32. The van der Waals surface area contributed by atoms with Gasteiger partial charge >= 0.3 is 0 Å². The molecule has 0 aromatic heterocycles. The summed E-state index contributed by atoms with van der Waals surface area (Å²) in [6.07, 6.45) is 7.93. The Morgan fingerprint density at radius 1 is 1.00 bits per heavy atom. The van der Waals surface area contributed by atoms with Crippen LogP contribution in [0.4, 0.5) is 0 Å². The molecule has 94 valence electrons. The highest BCUT2D eigenvalue weighted by molar-refractivity contribution is 6.30. The van der Waals surface area contributed by atoms with Crippen molar-refractivity contribution in [2.75, 3.05) is 6.54 Å². The lowest BCUT2D eigenvalue weighted by Crippen LogP contribution is -2.24. The van der Waals surface area contributed by atoms with Crippen molar-refractivity contribution < 1.29 is 0 Å². The van der Waals surface area contributed by atoms with E-state index in [2.05, 4.69) is 12.1 Å². The Labute approximate surface area is 109 Å². The predicted octanol–water partition coefficient (Wildman–Crippen LogP) is 4.04. The fourth-order valence-electron chi connectivity index (χ4n) is 2.96. The normalized spacial score (nSPS) is 25.5. The second-order valence-corrected chi connectivity index (χ2v) is 5.66. The van der Waals surface area contributed by atoms with E-state index in [9.17, 15) is 0 Å². The van der Waals surface area contributed by atoms with E-state index in [1.54, 1.807) is 0 Å². The molecule has 0 radical (unpaired) electrons. The van der Waals surface area contributed by atoms with Crippen LogP contribution in [0.25, 0.3) is 0 Å². The number of nitrogens with two attached hydrogens (primary N) is 1. The van der Waals surface area contributed by atoms with Crippen molar-refractivity contribution in [2.45, 2.75) is 38.5 Å². The van der Waals surface area contributed by atoms with E-state index in [4.69, 9.17) is 17.3 Å². The van der Waals surface area contributed by atoms with Gasteiger partial charge in [0.15, 0.2) is 0 Å². The largest absolute Gasteiger partial charge is 0.330 e. The van der Waals surface area contributed by atoms with Crippen LogP contribution in [0.5, 0.6) is 0 Å². The van der Waals surface area contributed by atoms with Crippen molar-refractivity contribution in [1.29, 1.82) is 0 Å². The summed E-state index contributed by atoms with van der Waals surface area (Å²) in [6, 6.07) is 8.29. The molecule has 2 unspecified atom stereocenters. The highest BCUT2D eigenvalue weighted by atomic mass is 35.5. The molecule has 1 nitrogen and oxygen atoms in total. The SMILES string of the molecule is NCC1CCCCCC1Cc1ccc(Cl)cc1. The van der Waals surface area contributed by atoms with Crippen LogP contribution in [-0.2, 0) is 6.42 Å². The van der Waals surface area contributed by atoms with E-state index < -0.39 is 0 Å². The molecule has 1 aliphatic carbocycles. The van der Waals surface area contributed by atoms with Gasteiger partial charge in [-0.3, -0.25) is 0 Å². The number of halogens is 1. The summed E-state index contributed by atoms with van der Waals surface area (Å²) >= 11 is 5.92. The van der Waals surface area contributed by atoms with E-state index >= 15 is 0 Å². The first-order valence-corrected chi connectivity index (χ1v) is 7.12. The standard InChI is InChI=1S/C15H22ClN/c16-15-8-6-12(7-9-15)10-13-4-2-1-3-5-14(13)11-17/h6-9,13-14H,1-5,10-11,17H2.